The second-order valence-electron chi connectivity index (χ2n) is 5.51. The van der Waals surface area contributed by atoms with Crippen LogP contribution in [0.3, 0.4) is 0 Å². The van der Waals surface area contributed by atoms with Crippen molar-refractivity contribution in [2.45, 2.75) is 27.2 Å². The Balaban J connectivity index is 2.16. The van der Waals surface area contributed by atoms with Crippen molar-refractivity contribution in [3.8, 4) is 0 Å². The van der Waals surface area contributed by atoms with Crippen LogP contribution in [-0.2, 0) is 16.0 Å². The van der Waals surface area contributed by atoms with Gasteiger partial charge in [-0.15, -0.1) is 0 Å². The number of nitrogens with one attached hydrogen (secondary N) is 1. The highest BCUT2D eigenvalue weighted by Crippen LogP contribution is 2.21. The number of benzene rings is 2. The van der Waals surface area contributed by atoms with Crippen LogP contribution < -0.4 is 10.2 Å². The third-order valence-corrected chi connectivity index (χ3v) is 3.65. The molecule has 23 heavy (non-hydrogen) atoms. The number of carbonyl (C=O) groups excluding carboxylic acids is 2. The molecular formula is C19H22N2O2. The molecule has 0 aromatic heterocycles. The minimum absolute atomic E-state index is 0.000286. The van der Waals surface area contributed by atoms with Crippen molar-refractivity contribution in [3.63, 3.8) is 0 Å². The van der Waals surface area contributed by atoms with Crippen LogP contribution in [0.4, 0.5) is 11.4 Å². The number of hydrogen-bond donors (Lipinski definition) is 1. The van der Waals surface area contributed by atoms with E-state index in [0.29, 0.717) is 0 Å². The number of carbonyl (C=O) groups is 2. The Kier molecular flexibility index (Phi) is 5.52. The number of anilines is 2. The fourth-order valence-corrected chi connectivity index (χ4v) is 2.51. The molecule has 0 fully saturated rings. The maximum Gasteiger partial charge on any atom is 0.244 e. The lowest BCUT2D eigenvalue weighted by Crippen LogP contribution is -2.37. The smallest absolute Gasteiger partial charge is 0.244 e. The summed E-state index contributed by atoms with van der Waals surface area (Å²) in [6, 6.07) is 15.3. The van der Waals surface area contributed by atoms with Gasteiger partial charge >= 0.3 is 0 Å². The highest BCUT2D eigenvalue weighted by atomic mass is 16.2. The molecule has 0 aliphatic rings. The van der Waals surface area contributed by atoms with Gasteiger partial charge in [-0.25, -0.2) is 0 Å². The first-order valence-electron chi connectivity index (χ1n) is 7.73. The van der Waals surface area contributed by atoms with Crippen molar-refractivity contribution in [3.05, 3.63) is 59.7 Å². The minimum atomic E-state index is -0.211. The summed E-state index contributed by atoms with van der Waals surface area (Å²) >= 11 is 0. The van der Waals surface area contributed by atoms with Crippen LogP contribution in [0.5, 0.6) is 0 Å². The number of aryl methyl sites for hydroxylation is 2. The second kappa shape index (κ2) is 7.58. The van der Waals surface area contributed by atoms with Crippen LogP contribution in [0, 0.1) is 6.92 Å². The number of amides is 2. The van der Waals surface area contributed by atoms with Crippen molar-refractivity contribution in [1.29, 1.82) is 0 Å². The molecular weight excluding hydrogens is 288 g/mol. The molecule has 2 rings (SSSR count). The summed E-state index contributed by atoms with van der Waals surface area (Å²) in [6.07, 6.45) is 0.805. The highest BCUT2D eigenvalue weighted by Gasteiger charge is 2.18. The van der Waals surface area contributed by atoms with Crippen molar-refractivity contribution in [2.75, 3.05) is 16.8 Å². The fraction of sp³-hybridized carbons (Fsp3) is 0.263. The quantitative estimate of drug-likeness (QED) is 0.918. The summed E-state index contributed by atoms with van der Waals surface area (Å²) in [4.78, 5) is 25.8. The van der Waals surface area contributed by atoms with E-state index < -0.39 is 0 Å². The fourth-order valence-electron chi connectivity index (χ4n) is 2.51. The number of nitrogens with zero attached hydrogens (tertiary/aromatic N) is 1. The van der Waals surface area contributed by atoms with Crippen LogP contribution in [0.1, 0.15) is 25.0 Å². The summed E-state index contributed by atoms with van der Waals surface area (Å²) in [5.41, 5.74) is 3.65. The van der Waals surface area contributed by atoms with E-state index in [9.17, 15) is 9.59 Å². The zero-order chi connectivity index (χ0) is 16.8. The summed E-state index contributed by atoms with van der Waals surface area (Å²) in [6.45, 7) is 5.48. The Labute approximate surface area is 137 Å². The molecule has 2 aromatic carbocycles. The van der Waals surface area contributed by atoms with E-state index in [-0.39, 0.29) is 18.4 Å². The molecule has 2 aromatic rings. The predicted octanol–water partition coefficient (Wildman–Crippen LogP) is 3.55. The molecule has 1 N–H and O–H groups in total. The van der Waals surface area contributed by atoms with Crippen molar-refractivity contribution < 1.29 is 9.59 Å². The van der Waals surface area contributed by atoms with Gasteiger partial charge in [0.1, 0.15) is 6.54 Å². The number of para-hydroxylation sites is 1. The number of hydrogen-bond acceptors (Lipinski definition) is 2. The SMILES string of the molecule is CCc1ccccc1N(CC(=O)Nc1cccc(C)c1)C(C)=O. The van der Waals surface area contributed by atoms with Gasteiger partial charge in [-0.3, -0.25) is 9.59 Å². The van der Waals surface area contributed by atoms with Gasteiger partial charge in [0.05, 0.1) is 0 Å². The Hall–Kier alpha value is -2.62. The first-order valence-corrected chi connectivity index (χ1v) is 7.73. The highest BCUT2D eigenvalue weighted by molar-refractivity contribution is 6.02. The molecule has 0 aliphatic heterocycles. The second-order valence-corrected chi connectivity index (χ2v) is 5.51. The van der Waals surface area contributed by atoms with E-state index in [1.54, 1.807) is 0 Å². The Morgan fingerprint density at radius 2 is 1.83 bits per heavy atom. The number of rotatable bonds is 5. The molecule has 4 heteroatoms. The molecule has 0 heterocycles. The van der Waals surface area contributed by atoms with E-state index in [0.717, 1.165) is 28.9 Å². The average Bonchev–Trinajstić information content (AvgIpc) is 2.52. The molecule has 4 nitrogen and oxygen atoms in total. The maximum atomic E-state index is 12.3. The largest absolute Gasteiger partial charge is 0.325 e. The molecule has 2 amide bonds. The van der Waals surface area contributed by atoms with Gasteiger partial charge in [0, 0.05) is 18.3 Å². The van der Waals surface area contributed by atoms with Gasteiger partial charge in [-0.1, -0.05) is 37.3 Å². The lowest BCUT2D eigenvalue weighted by Gasteiger charge is -2.23. The molecule has 0 atom stereocenters. The van der Waals surface area contributed by atoms with Gasteiger partial charge in [0.15, 0.2) is 0 Å². The third kappa shape index (κ3) is 4.42. The molecule has 120 valence electrons. The van der Waals surface area contributed by atoms with Gasteiger partial charge in [-0.05, 0) is 42.7 Å². The van der Waals surface area contributed by atoms with Gasteiger partial charge < -0.3 is 10.2 Å². The van der Waals surface area contributed by atoms with Crippen LogP contribution >= 0.6 is 0 Å². The monoisotopic (exact) mass is 310 g/mol. The standard InChI is InChI=1S/C19H22N2O2/c1-4-16-9-5-6-11-18(16)21(15(3)22)13-19(23)20-17-10-7-8-14(2)12-17/h5-12H,4,13H2,1-3H3,(H,20,23). The van der Waals surface area contributed by atoms with E-state index in [2.05, 4.69) is 5.32 Å². The first-order chi connectivity index (χ1) is 11.0. The van der Waals surface area contributed by atoms with Gasteiger partial charge in [-0.2, -0.15) is 0 Å². The lowest BCUT2D eigenvalue weighted by atomic mass is 10.1. The third-order valence-electron chi connectivity index (χ3n) is 3.65. The molecule has 0 aliphatic carbocycles. The van der Waals surface area contributed by atoms with Crippen LogP contribution in [-0.4, -0.2) is 18.4 Å². The molecule has 0 radical (unpaired) electrons. The Morgan fingerprint density at radius 3 is 2.48 bits per heavy atom. The van der Waals surface area contributed by atoms with Crippen LogP contribution in [0.15, 0.2) is 48.5 Å². The predicted molar refractivity (Wildman–Crippen MR) is 93.7 cm³/mol. The summed E-state index contributed by atoms with van der Waals surface area (Å²) in [5.74, 6) is -0.359. The first kappa shape index (κ1) is 16.7. The van der Waals surface area contributed by atoms with Gasteiger partial charge in [0.25, 0.3) is 0 Å². The Morgan fingerprint density at radius 1 is 1.09 bits per heavy atom. The summed E-state index contributed by atoms with van der Waals surface area (Å²) < 4.78 is 0. The van der Waals surface area contributed by atoms with Crippen LogP contribution in [0.25, 0.3) is 0 Å². The average molecular weight is 310 g/mol. The van der Waals surface area contributed by atoms with E-state index >= 15 is 0 Å². The molecule has 0 saturated carbocycles. The van der Waals surface area contributed by atoms with Crippen molar-refractivity contribution >= 4 is 23.2 Å². The van der Waals surface area contributed by atoms with Crippen molar-refractivity contribution in [2.24, 2.45) is 0 Å². The van der Waals surface area contributed by atoms with E-state index in [1.807, 2.05) is 62.4 Å². The van der Waals surface area contributed by atoms with Gasteiger partial charge in [0.2, 0.25) is 11.8 Å². The molecule has 0 spiro atoms. The Bertz CT molecular complexity index is 710. The minimum Gasteiger partial charge on any atom is -0.325 e. The zero-order valence-corrected chi connectivity index (χ0v) is 13.8. The van der Waals surface area contributed by atoms with Crippen molar-refractivity contribution in [1.82, 2.24) is 0 Å². The molecule has 0 unspecified atom stereocenters. The van der Waals surface area contributed by atoms with E-state index in [1.165, 1.54) is 11.8 Å². The normalized spacial score (nSPS) is 10.2. The van der Waals surface area contributed by atoms with Crippen LogP contribution in [0.2, 0.25) is 0 Å². The molecule has 0 saturated heterocycles. The summed E-state index contributed by atoms with van der Waals surface area (Å²) in [7, 11) is 0. The maximum absolute atomic E-state index is 12.3. The van der Waals surface area contributed by atoms with E-state index in [4.69, 9.17) is 0 Å². The summed E-state index contributed by atoms with van der Waals surface area (Å²) in [5, 5.41) is 2.84. The topological polar surface area (TPSA) is 49.4 Å². The molecule has 0 bridgehead atoms. The zero-order valence-electron chi connectivity index (χ0n) is 13.8. The lowest BCUT2D eigenvalue weighted by molar-refractivity contribution is -0.120.